The first-order valence-electron chi connectivity index (χ1n) is 6.18. The van der Waals surface area contributed by atoms with Gasteiger partial charge in [-0.15, -0.1) is 0 Å². The minimum atomic E-state index is 0.478. The lowest BCUT2D eigenvalue weighted by Gasteiger charge is -2.16. The fourth-order valence-electron chi connectivity index (χ4n) is 2.73. The molecule has 2 aliphatic rings. The van der Waals surface area contributed by atoms with E-state index in [4.69, 9.17) is 4.74 Å². The summed E-state index contributed by atoms with van der Waals surface area (Å²) in [5.41, 5.74) is 0. The SMILES string of the molecule is CC1OCCC1CNCC1CCCC1. The lowest BCUT2D eigenvalue weighted by atomic mass is 10.0. The Balaban J connectivity index is 1.57. The molecule has 1 heterocycles. The molecule has 1 aliphatic heterocycles. The quantitative estimate of drug-likeness (QED) is 0.746. The maximum absolute atomic E-state index is 5.55. The Morgan fingerprint density at radius 3 is 2.57 bits per heavy atom. The van der Waals surface area contributed by atoms with Crippen LogP contribution < -0.4 is 5.32 Å². The molecule has 2 unspecified atom stereocenters. The average Bonchev–Trinajstić information content (AvgIpc) is 2.78. The van der Waals surface area contributed by atoms with Crippen LogP contribution in [0.3, 0.4) is 0 Å². The molecule has 1 saturated heterocycles. The van der Waals surface area contributed by atoms with Crippen molar-refractivity contribution in [3.63, 3.8) is 0 Å². The maximum atomic E-state index is 5.55. The van der Waals surface area contributed by atoms with Gasteiger partial charge in [0, 0.05) is 13.2 Å². The summed E-state index contributed by atoms with van der Waals surface area (Å²) in [6, 6.07) is 0. The summed E-state index contributed by atoms with van der Waals surface area (Å²) >= 11 is 0. The van der Waals surface area contributed by atoms with E-state index in [1.165, 1.54) is 38.6 Å². The van der Waals surface area contributed by atoms with E-state index >= 15 is 0 Å². The highest BCUT2D eigenvalue weighted by Gasteiger charge is 2.24. The molecule has 0 amide bonds. The lowest BCUT2D eigenvalue weighted by molar-refractivity contribution is 0.105. The van der Waals surface area contributed by atoms with E-state index in [0.29, 0.717) is 6.10 Å². The minimum Gasteiger partial charge on any atom is -0.378 e. The molecule has 1 N–H and O–H groups in total. The topological polar surface area (TPSA) is 21.3 Å². The second-order valence-corrected chi connectivity index (χ2v) is 4.93. The molecular weight excluding hydrogens is 174 g/mol. The molecule has 0 aromatic carbocycles. The minimum absolute atomic E-state index is 0.478. The van der Waals surface area contributed by atoms with Crippen LogP contribution in [0.4, 0.5) is 0 Å². The van der Waals surface area contributed by atoms with Crippen LogP contribution in [0.2, 0.25) is 0 Å². The zero-order valence-corrected chi connectivity index (χ0v) is 9.30. The normalized spacial score (nSPS) is 34.1. The van der Waals surface area contributed by atoms with Crippen molar-refractivity contribution in [2.24, 2.45) is 11.8 Å². The third-order valence-corrected chi connectivity index (χ3v) is 3.85. The van der Waals surface area contributed by atoms with Gasteiger partial charge in [-0.3, -0.25) is 0 Å². The van der Waals surface area contributed by atoms with Gasteiger partial charge in [-0.05, 0) is 44.6 Å². The largest absolute Gasteiger partial charge is 0.378 e. The van der Waals surface area contributed by atoms with Crippen molar-refractivity contribution in [2.45, 2.75) is 45.1 Å². The van der Waals surface area contributed by atoms with Crippen molar-refractivity contribution < 1.29 is 4.74 Å². The van der Waals surface area contributed by atoms with Gasteiger partial charge < -0.3 is 10.1 Å². The van der Waals surface area contributed by atoms with Gasteiger partial charge in [0.05, 0.1) is 6.10 Å². The maximum Gasteiger partial charge on any atom is 0.0588 e. The molecule has 14 heavy (non-hydrogen) atoms. The van der Waals surface area contributed by atoms with Crippen LogP contribution in [0.5, 0.6) is 0 Å². The number of nitrogens with one attached hydrogen (secondary N) is 1. The van der Waals surface area contributed by atoms with E-state index < -0.39 is 0 Å². The van der Waals surface area contributed by atoms with Crippen LogP contribution in [0.25, 0.3) is 0 Å². The van der Waals surface area contributed by atoms with Crippen LogP contribution in [-0.4, -0.2) is 25.8 Å². The van der Waals surface area contributed by atoms with E-state index in [-0.39, 0.29) is 0 Å². The molecule has 2 heteroatoms. The number of ether oxygens (including phenoxy) is 1. The van der Waals surface area contributed by atoms with Crippen LogP contribution in [-0.2, 0) is 4.74 Å². The molecule has 1 saturated carbocycles. The molecule has 2 fully saturated rings. The molecule has 0 spiro atoms. The number of hydrogen-bond donors (Lipinski definition) is 1. The summed E-state index contributed by atoms with van der Waals surface area (Å²) in [5.74, 6) is 1.73. The predicted molar refractivity (Wildman–Crippen MR) is 58.3 cm³/mol. The van der Waals surface area contributed by atoms with Gasteiger partial charge in [0.15, 0.2) is 0 Å². The highest BCUT2D eigenvalue weighted by Crippen LogP contribution is 2.24. The Morgan fingerprint density at radius 2 is 1.93 bits per heavy atom. The van der Waals surface area contributed by atoms with E-state index in [9.17, 15) is 0 Å². The molecule has 2 atom stereocenters. The fraction of sp³-hybridized carbons (Fsp3) is 1.00. The third kappa shape index (κ3) is 2.71. The second kappa shape index (κ2) is 5.13. The van der Waals surface area contributed by atoms with Crippen LogP contribution >= 0.6 is 0 Å². The van der Waals surface area contributed by atoms with Crippen LogP contribution in [0, 0.1) is 11.8 Å². The van der Waals surface area contributed by atoms with Gasteiger partial charge in [0.1, 0.15) is 0 Å². The smallest absolute Gasteiger partial charge is 0.0588 e. The Hall–Kier alpha value is -0.0800. The zero-order valence-electron chi connectivity index (χ0n) is 9.30. The first-order valence-corrected chi connectivity index (χ1v) is 6.18. The third-order valence-electron chi connectivity index (χ3n) is 3.85. The van der Waals surface area contributed by atoms with Crippen molar-refractivity contribution in [1.29, 1.82) is 0 Å². The lowest BCUT2D eigenvalue weighted by Crippen LogP contribution is -2.30. The number of rotatable bonds is 4. The molecule has 0 bridgehead atoms. The van der Waals surface area contributed by atoms with Crippen LogP contribution in [0.15, 0.2) is 0 Å². The molecular formula is C12H23NO. The first kappa shape index (κ1) is 10.4. The van der Waals surface area contributed by atoms with Gasteiger partial charge in [0.2, 0.25) is 0 Å². The molecule has 1 aliphatic carbocycles. The van der Waals surface area contributed by atoms with Crippen molar-refractivity contribution in [3.05, 3.63) is 0 Å². The monoisotopic (exact) mass is 197 g/mol. The second-order valence-electron chi connectivity index (χ2n) is 4.93. The molecule has 0 aromatic heterocycles. The van der Waals surface area contributed by atoms with Crippen molar-refractivity contribution in [3.8, 4) is 0 Å². The van der Waals surface area contributed by atoms with Crippen molar-refractivity contribution in [2.75, 3.05) is 19.7 Å². The van der Waals surface area contributed by atoms with E-state index in [1.54, 1.807) is 0 Å². The summed E-state index contributed by atoms with van der Waals surface area (Å²) < 4.78 is 5.55. The van der Waals surface area contributed by atoms with Crippen molar-refractivity contribution in [1.82, 2.24) is 5.32 Å². The van der Waals surface area contributed by atoms with Gasteiger partial charge in [-0.2, -0.15) is 0 Å². The van der Waals surface area contributed by atoms with Crippen LogP contribution in [0.1, 0.15) is 39.0 Å². The Morgan fingerprint density at radius 1 is 1.14 bits per heavy atom. The standard InChI is InChI=1S/C12H23NO/c1-10-12(6-7-14-10)9-13-8-11-4-2-3-5-11/h10-13H,2-9H2,1H3. The van der Waals surface area contributed by atoms with Gasteiger partial charge in [-0.25, -0.2) is 0 Å². The van der Waals surface area contributed by atoms with Crippen molar-refractivity contribution >= 4 is 0 Å². The average molecular weight is 197 g/mol. The molecule has 2 nitrogen and oxygen atoms in total. The summed E-state index contributed by atoms with van der Waals surface area (Å²) in [6.45, 7) is 5.58. The Kier molecular flexibility index (Phi) is 3.82. The summed E-state index contributed by atoms with van der Waals surface area (Å²) in [5, 5.41) is 3.62. The molecule has 82 valence electrons. The highest BCUT2D eigenvalue weighted by atomic mass is 16.5. The Bertz CT molecular complexity index is 166. The first-order chi connectivity index (χ1) is 6.86. The predicted octanol–water partition coefficient (Wildman–Crippen LogP) is 2.19. The Labute approximate surface area is 87.4 Å². The van der Waals surface area contributed by atoms with Gasteiger partial charge in [-0.1, -0.05) is 12.8 Å². The summed E-state index contributed by atoms with van der Waals surface area (Å²) in [7, 11) is 0. The molecule has 0 aromatic rings. The van der Waals surface area contributed by atoms with Gasteiger partial charge >= 0.3 is 0 Å². The number of hydrogen-bond acceptors (Lipinski definition) is 2. The summed E-state index contributed by atoms with van der Waals surface area (Å²) in [4.78, 5) is 0. The van der Waals surface area contributed by atoms with Gasteiger partial charge in [0.25, 0.3) is 0 Å². The molecule has 0 radical (unpaired) electrons. The fourth-order valence-corrected chi connectivity index (χ4v) is 2.73. The van der Waals surface area contributed by atoms with E-state index in [2.05, 4.69) is 12.2 Å². The summed E-state index contributed by atoms with van der Waals surface area (Å²) in [6.07, 6.45) is 7.53. The highest BCUT2D eigenvalue weighted by molar-refractivity contribution is 4.76. The zero-order chi connectivity index (χ0) is 9.80. The molecule has 2 rings (SSSR count). The van der Waals surface area contributed by atoms with E-state index in [1.807, 2.05) is 0 Å². The van der Waals surface area contributed by atoms with E-state index in [0.717, 1.165) is 25.0 Å².